The summed E-state index contributed by atoms with van der Waals surface area (Å²) in [5.41, 5.74) is 0. The van der Waals surface area contributed by atoms with Gasteiger partial charge in [0.05, 0.1) is 0 Å². The molecule has 0 heterocycles. The van der Waals surface area contributed by atoms with Crippen molar-refractivity contribution in [3.8, 4) is 0 Å². The van der Waals surface area contributed by atoms with Gasteiger partial charge in [0.25, 0.3) is 0 Å². The molecule has 0 saturated heterocycles. The molecule has 0 aliphatic carbocycles. The summed E-state index contributed by atoms with van der Waals surface area (Å²) < 4.78 is 0. The zero-order valence-electron chi connectivity index (χ0n) is 2.53. The Kier molecular flexibility index (Phi) is 123. The van der Waals surface area contributed by atoms with Gasteiger partial charge in [-0.05, 0) is 0 Å². The Hall–Kier alpha value is 2.83. The minimum Gasteiger partial charge on any atom is 0 e. The second kappa shape index (κ2) is 17.0. The van der Waals surface area contributed by atoms with Crippen molar-refractivity contribution in [1.82, 2.24) is 0 Å². The first kappa shape index (κ1) is 29.0. The third-order valence-electron chi connectivity index (χ3n) is 0. The van der Waals surface area contributed by atoms with E-state index in [-0.39, 0.29) is 86.9 Å². The van der Waals surface area contributed by atoms with Crippen LogP contribution in [-0.4, -0.2) is 40.1 Å². The largest absolute Gasteiger partial charge is 0 e. The monoisotopic (exact) mass is 282 g/mol. The van der Waals surface area contributed by atoms with E-state index in [1.165, 1.54) is 0 Å². The minimum atomic E-state index is 0. The summed E-state index contributed by atoms with van der Waals surface area (Å²) in [5, 5.41) is 0. The number of rotatable bonds is 0. The molecule has 0 aromatic heterocycles. The van der Waals surface area contributed by atoms with Gasteiger partial charge in [-0.3, -0.25) is 0 Å². The molecule has 0 unspecified atom stereocenters. The van der Waals surface area contributed by atoms with Crippen molar-refractivity contribution in [3.63, 3.8) is 0 Å². The zero-order valence-corrected chi connectivity index (χ0v) is 12.7. The van der Waals surface area contributed by atoms with Crippen LogP contribution in [0.5, 0.6) is 0 Å². The maximum Gasteiger partial charge on any atom is 0 e. The van der Waals surface area contributed by atoms with Gasteiger partial charge in [0, 0.05) is 86.9 Å². The second-order valence-corrected chi connectivity index (χ2v) is 0. The van der Waals surface area contributed by atoms with Crippen molar-refractivity contribution in [2.45, 2.75) is 0 Å². The van der Waals surface area contributed by atoms with Crippen LogP contribution in [0.2, 0.25) is 0 Å². The molecule has 0 amide bonds. The van der Waals surface area contributed by atoms with Gasteiger partial charge in [-0.25, -0.2) is 0 Å². The van der Waals surface area contributed by atoms with E-state index < -0.39 is 0 Å². The van der Waals surface area contributed by atoms with Gasteiger partial charge in [-0.2, -0.15) is 0 Å². The fourth-order valence-corrected chi connectivity index (χ4v) is 0. The Bertz CT molecular complexity index is 8.00. The molecule has 0 nitrogen and oxygen atoms in total. The Morgan fingerprint density at radius 3 is 1.00 bits per heavy atom. The van der Waals surface area contributed by atoms with Crippen LogP contribution < -0.4 is 0 Å². The van der Waals surface area contributed by atoms with Gasteiger partial charge in [0.2, 0.25) is 0 Å². The molecule has 12 valence electrons. The normalized spacial score (nSPS) is 0. The molecule has 0 rings (SSSR count). The first-order valence-electron chi connectivity index (χ1n) is 0. The van der Waals surface area contributed by atoms with Crippen molar-refractivity contribution in [2.75, 3.05) is 0 Å². The molecule has 0 spiro atoms. The molecule has 0 N–H and O–H groups in total. The van der Waals surface area contributed by atoms with Crippen molar-refractivity contribution >= 4 is 40.1 Å². The molecule has 0 aromatic carbocycles. The van der Waals surface area contributed by atoms with Crippen LogP contribution in [0.4, 0.5) is 0 Å². The van der Waals surface area contributed by atoms with E-state index in [9.17, 15) is 0 Å². The topological polar surface area (TPSA) is 0 Å². The number of hydrogen-bond donors (Lipinski definition) is 0. The Morgan fingerprint density at radius 1 is 1.00 bits per heavy atom. The van der Waals surface area contributed by atoms with Gasteiger partial charge in [-0.15, -0.1) is 0 Å². The SMILES string of the molecule is [Cd].[Mg].[Se].[Zn]. The second-order valence-electron chi connectivity index (χ2n) is 0. The average Bonchev–Trinajstić information content (AvgIpc) is 0. The summed E-state index contributed by atoms with van der Waals surface area (Å²) in [5.74, 6) is 0. The molecular weight excluding hydrogens is 281 g/mol. The molecule has 4 radical (unpaired) electrons. The number of hydrogen-bond acceptors (Lipinski definition) is 0. The van der Waals surface area contributed by atoms with E-state index in [2.05, 4.69) is 0 Å². The van der Waals surface area contributed by atoms with E-state index in [1.54, 1.807) is 0 Å². The van der Waals surface area contributed by atoms with Crippen LogP contribution >= 0.6 is 0 Å². The maximum atomic E-state index is 0. The van der Waals surface area contributed by atoms with E-state index in [1.807, 2.05) is 0 Å². The Morgan fingerprint density at radius 2 is 1.00 bits per heavy atom. The van der Waals surface area contributed by atoms with Crippen LogP contribution in [0, 0.1) is 0 Å². The molecule has 4 heteroatoms. The fraction of sp³-hybridized carbons (Fsp3) is 0. The molecule has 0 bridgehead atoms. The summed E-state index contributed by atoms with van der Waals surface area (Å²) in [4.78, 5) is 0. The van der Waals surface area contributed by atoms with Crippen molar-refractivity contribution in [2.24, 2.45) is 0 Å². The molecule has 0 aliphatic rings. The maximum absolute atomic E-state index is 0. The zero-order chi connectivity index (χ0) is 0. The summed E-state index contributed by atoms with van der Waals surface area (Å²) in [6.45, 7) is 0. The molecular formula is CdMgSeZn. The first-order valence-corrected chi connectivity index (χ1v) is 0. The molecule has 4 heavy (non-hydrogen) atoms. The van der Waals surface area contributed by atoms with E-state index in [0.717, 1.165) is 0 Å². The van der Waals surface area contributed by atoms with Crippen molar-refractivity contribution in [1.29, 1.82) is 0 Å². The van der Waals surface area contributed by atoms with Gasteiger partial charge in [0.1, 0.15) is 0 Å². The minimum absolute atomic E-state index is 0. The molecule has 0 aliphatic heterocycles. The standard InChI is InChI=1S/Cd.Mg.Se.Zn. The van der Waals surface area contributed by atoms with E-state index >= 15 is 0 Å². The van der Waals surface area contributed by atoms with Crippen molar-refractivity contribution in [3.05, 3.63) is 0 Å². The average molecular weight is 281 g/mol. The Balaban J connectivity index is 0. The smallest absolute Gasteiger partial charge is 0 e. The third-order valence-corrected chi connectivity index (χ3v) is 0. The molecule has 0 aromatic rings. The van der Waals surface area contributed by atoms with Gasteiger partial charge < -0.3 is 0 Å². The summed E-state index contributed by atoms with van der Waals surface area (Å²) in [6, 6.07) is 0. The molecule has 0 atom stereocenters. The van der Waals surface area contributed by atoms with Crippen LogP contribution in [-0.2, 0) is 46.8 Å². The predicted octanol–water partition coefficient (Wildman–Crippen LogP) is -0.767. The fourth-order valence-electron chi connectivity index (χ4n) is 0. The van der Waals surface area contributed by atoms with E-state index in [0.29, 0.717) is 0 Å². The Labute approximate surface area is 85.4 Å². The van der Waals surface area contributed by atoms with E-state index in [4.69, 9.17) is 0 Å². The first-order chi connectivity index (χ1) is 0. The molecule has 0 fully saturated rings. The van der Waals surface area contributed by atoms with Gasteiger partial charge >= 0.3 is 0 Å². The molecule has 0 saturated carbocycles. The van der Waals surface area contributed by atoms with Gasteiger partial charge in [0.15, 0.2) is 0 Å². The van der Waals surface area contributed by atoms with Crippen LogP contribution in [0.25, 0.3) is 0 Å². The van der Waals surface area contributed by atoms with Gasteiger partial charge in [-0.1, -0.05) is 0 Å². The summed E-state index contributed by atoms with van der Waals surface area (Å²) in [6.07, 6.45) is 0. The van der Waals surface area contributed by atoms with Crippen LogP contribution in [0.3, 0.4) is 0 Å². The van der Waals surface area contributed by atoms with Crippen LogP contribution in [0.15, 0.2) is 0 Å². The van der Waals surface area contributed by atoms with Crippen molar-refractivity contribution < 1.29 is 46.8 Å². The van der Waals surface area contributed by atoms with Crippen LogP contribution in [0.1, 0.15) is 0 Å². The third kappa shape index (κ3) is 8.85. The quantitative estimate of drug-likeness (QED) is 0.512. The summed E-state index contributed by atoms with van der Waals surface area (Å²) in [7, 11) is 0. The predicted molar refractivity (Wildman–Crippen MR) is 11.5 cm³/mol. The summed E-state index contributed by atoms with van der Waals surface area (Å²) >= 11 is 0.